The van der Waals surface area contributed by atoms with Gasteiger partial charge in [0.15, 0.2) is 0 Å². The van der Waals surface area contributed by atoms with Gasteiger partial charge in [0.1, 0.15) is 16.7 Å². The Labute approximate surface area is 177 Å². The zero-order valence-electron chi connectivity index (χ0n) is 16.2. The van der Waals surface area contributed by atoms with Crippen LogP contribution in [0.4, 0.5) is 5.82 Å². The number of aliphatic imine (C=N–C) groups is 1. The molecule has 0 spiro atoms. The van der Waals surface area contributed by atoms with Crippen LogP contribution in [0.25, 0.3) is 21.0 Å². The van der Waals surface area contributed by atoms with Gasteiger partial charge in [0.05, 0.1) is 21.8 Å². The highest BCUT2D eigenvalue weighted by Crippen LogP contribution is 2.34. The van der Waals surface area contributed by atoms with E-state index in [9.17, 15) is 0 Å². The highest BCUT2D eigenvalue weighted by molar-refractivity contribution is 7.99. The highest BCUT2D eigenvalue weighted by Gasteiger charge is 2.17. The molecule has 6 heteroatoms. The molecule has 1 aliphatic heterocycles. The smallest absolute Gasteiger partial charge is 0.140 e. The van der Waals surface area contributed by atoms with Gasteiger partial charge in [-0.1, -0.05) is 43.0 Å². The largest absolute Gasteiger partial charge is 0.325 e. The summed E-state index contributed by atoms with van der Waals surface area (Å²) in [7, 11) is 0. The van der Waals surface area contributed by atoms with E-state index < -0.39 is 0 Å². The van der Waals surface area contributed by atoms with Crippen LogP contribution in [0, 0.1) is 0 Å². The molecule has 29 heavy (non-hydrogen) atoms. The summed E-state index contributed by atoms with van der Waals surface area (Å²) >= 11 is 3.33. The van der Waals surface area contributed by atoms with Crippen LogP contribution in [-0.4, -0.2) is 21.8 Å². The minimum absolute atomic E-state index is 0.271. The van der Waals surface area contributed by atoms with Crippen molar-refractivity contribution in [3.8, 4) is 0 Å². The number of amidine groups is 1. The van der Waals surface area contributed by atoms with Crippen LogP contribution in [0.15, 0.2) is 80.6 Å². The zero-order chi connectivity index (χ0) is 19.8. The first-order chi connectivity index (χ1) is 14.2. The molecule has 2 aromatic carbocycles. The molecule has 1 N–H and O–H groups in total. The van der Waals surface area contributed by atoms with Crippen molar-refractivity contribution in [2.45, 2.75) is 36.2 Å². The lowest BCUT2D eigenvalue weighted by Gasteiger charge is -2.11. The molecule has 5 rings (SSSR count). The van der Waals surface area contributed by atoms with Crippen LogP contribution in [0.1, 0.15) is 20.3 Å². The quantitative estimate of drug-likeness (QED) is 0.410. The van der Waals surface area contributed by atoms with Gasteiger partial charge in [-0.05, 0) is 54.6 Å². The van der Waals surface area contributed by atoms with Gasteiger partial charge in [0.2, 0.25) is 0 Å². The number of anilines is 1. The summed E-state index contributed by atoms with van der Waals surface area (Å²) in [6.45, 7) is 4.30. The van der Waals surface area contributed by atoms with E-state index >= 15 is 0 Å². The number of nitrogens with zero attached hydrogens (tertiary/aromatic N) is 3. The Hall–Kier alpha value is -2.70. The first-order valence-corrected chi connectivity index (χ1v) is 11.3. The molecule has 2 aromatic heterocycles. The fourth-order valence-electron chi connectivity index (χ4n) is 3.56. The third-order valence-electron chi connectivity index (χ3n) is 5.06. The summed E-state index contributed by atoms with van der Waals surface area (Å²) in [6, 6.07) is 17.1. The molecule has 1 atom stereocenters. The Morgan fingerprint density at radius 1 is 1.14 bits per heavy atom. The molecule has 0 bridgehead atoms. The summed E-state index contributed by atoms with van der Waals surface area (Å²) < 4.78 is 1.20. The van der Waals surface area contributed by atoms with E-state index in [1.807, 2.05) is 11.6 Å². The van der Waals surface area contributed by atoms with Crippen molar-refractivity contribution in [1.82, 2.24) is 9.97 Å². The summed E-state index contributed by atoms with van der Waals surface area (Å²) in [6.07, 6.45) is 3.14. The summed E-state index contributed by atoms with van der Waals surface area (Å²) in [5.74, 6) is 1.74. The zero-order valence-corrected chi connectivity index (χ0v) is 17.8. The van der Waals surface area contributed by atoms with Crippen LogP contribution < -0.4 is 5.32 Å². The van der Waals surface area contributed by atoms with Crippen molar-refractivity contribution >= 4 is 55.7 Å². The van der Waals surface area contributed by atoms with E-state index in [0.29, 0.717) is 0 Å². The van der Waals surface area contributed by atoms with Gasteiger partial charge in [-0.3, -0.25) is 4.99 Å². The van der Waals surface area contributed by atoms with Crippen LogP contribution in [-0.2, 0) is 0 Å². The number of pyridine rings is 1. The number of hydrogen-bond acceptors (Lipinski definition) is 6. The maximum Gasteiger partial charge on any atom is 0.140 e. The molecule has 0 radical (unpaired) electrons. The minimum atomic E-state index is 0.271. The lowest BCUT2D eigenvalue weighted by Crippen LogP contribution is -2.10. The molecule has 4 aromatic rings. The topological polar surface area (TPSA) is 50.2 Å². The molecule has 0 saturated carbocycles. The molecule has 0 amide bonds. The molecule has 0 fully saturated rings. The highest BCUT2D eigenvalue weighted by atomic mass is 32.2. The summed E-state index contributed by atoms with van der Waals surface area (Å²) in [5, 5.41) is 6.70. The predicted octanol–water partition coefficient (Wildman–Crippen LogP) is 6.54. The van der Waals surface area contributed by atoms with E-state index in [4.69, 9.17) is 9.98 Å². The predicted molar refractivity (Wildman–Crippen MR) is 124 cm³/mol. The Kier molecular flexibility index (Phi) is 4.81. The molecule has 3 heterocycles. The van der Waals surface area contributed by atoms with Gasteiger partial charge in [-0.15, -0.1) is 11.3 Å². The van der Waals surface area contributed by atoms with E-state index in [2.05, 4.69) is 72.7 Å². The van der Waals surface area contributed by atoms with Crippen molar-refractivity contribution in [2.75, 3.05) is 5.32 Å². The van der Waals surface area contributed by atoms with E-state index in [0.717, 1.165) is 44.3 Å². The number of fused-ring (bicyclic) bond motifs is 2. The van der Waals surface area contributed by atoms with Crippen LogP contribution in [0.5, 0.6) is 0 Å². The number of benzene rings is 2. The third-order valence-corrected chi connectivity index (χ3v) is 6.76. The monoisotopic (exact) mass is 416 g/mol. The second kappa shape index (κ2) is 7.61. The van der Waals surface area contributed by atoms with Crippen LogP contribution in [0.2, 0.25) is 0 Å². The van der Waals surface area contributed by atoms with Crippen molar-refractivity contribution in [1.29, 1.82) is 0 Å². The van der Waals surface area contributed by atoms with Crippen molar-refractivity contribution in [2.24, 2.45) is 4.99 Å². The number of thiazole rings is 1. The Morgan fingerprint density at radius 2 is 2.03 bits per heavy atom. The SMILES string of the molecule is CCC1N=C(Nc2nc(Sc3ccc4ncsc4c3)cc3ccccc23)C=C1C. The molecular weight excluding hydrogens is 396 g/mol. The molecule has 1 aliphatic rings. The van der Waals surface area contributed by atoms with Gasteiger partial charge in [0.25, 0.3) is 0 Å². The molecule has 4 nitrogen and oxygen atoms in total. The van der Waals surface area contributed by atoms with Gasteiger partial charge in [-0.2, -0.15) is 0 Å². The number of rotatable bonds is 4. The average Bonchev–Trinajstić information content (AvgIpc) is 3.33. The van der Waals surface area contributed by atoms with E-state index in [-0.39, 0.29) is 6.04 Å². The summed E-state index contributed by atoms with van der Waals surface area (Å²) in [5.41, 5.74) is 4.22. The molecular formula is C23H20N4S2. The molecule has 0 saturated heterocycles. The molecule has 1 unspecified atom stereocenters. The van der Waals surface area contributed by atoms with Crippen molar-refractivity contribution < 1.29 is 0 Å². The van der Waals surface area contributed by atoms with Crippen LogP contribution >= 0.6 is 23.1 Å². The van der Waals surface area contributed by atoms with Gasteiger partial charge in [-0.25, -0.2) is 9.97 Å². The fourth-order valence-corrected chi connectivity index (χ4v) is 5.23. The lowest BCUT2D eigenvalue weighted by atomic mass is 10.1. The van der Waals surface area contributed by atoms with Gasteiger partial charge >= 0.3 is 0 Å². The number of aromatic nitrogens is 2. The van der Waals surface area contributed by atoms with E-state index in [1.54, 1.807) is 23.1 Å². The maximum atomic E-state index is 4.93. The normalized spacial score (nSPS) is 16.3. The Balaban J connectivity index is 1.51. The first-order valence-electron chi connectivity index (χ1n) is 9.63. The fraction of sp³-hybridized carbons (Fsp3) is 0.174. The van der Waals surface area contributed by atoms with Crippen molar-refractivity contribution in [3.63, 3.8) is 0 Å². The van der Waals surface area contributed by atoms with Gasteiger partial charge in [0, 0.05) is 10.3 Å². The molecule has 0 aliphatic carbocycles. The number of hydrogen-bond donors (Lipinski definition) is 1. The van der Waals surface area contributed by atoms with Crippen LogP contribution in [0.3, 0.4) is 0 Å². The second-order valence-electron chi connectivity index (χ2n) is 7.07. The van der Waals surface area contributed by atoms with Gasteiger partial charge < -0.3 is 5.32 Å². The Morgan fingerprint density at radius 3 is 2.90 bits per heavy atom. The maximum absolute atomic E-state index is 4.93. The standard InChI is InChI=1S/C23H20N4S2/c1-3-18-14(2)10-21(25-18)26-23-17-7-5-4-6-15(17)11-22(27-23)29-16-8-9-19-20(12-16)28-13-24-19/h4-13,18H,3H2,1-2H3,(H,25,26,27). The first kappa shape index (κ1) is 18.3. The molecule has 144 valence electrons. The lowest BCUT2D eigenvalue weighted by molar-refractivity contribution is 0.756. The third kappa shape index (κ3) is 3.66. The van der Waals surface area contributed by atoms with Crippen molar-refractivity contribution in [3.05, 3.63) is 65.7 Å². The number of nitrogens with one attached hydrogen (secondary N) is 1. The average molecular weight is 417 g/mol. The van der Waals surface area contributed by atoms with E-state index in [1.165, 1.54) is 10.3 Å². The Bertz CT molecular complexity index is 1270. The summed E-state index contributed by atoms with van der Waals surface area (Å²) in [4.78, 5) is 15.3. The minimum Gasteiger partial charge on any atom is -0.325 e. The second-order valence-corrected chi connectivity index (χ2v) is 9.05.